The smallest absolute Gasteiger partial charge is 0.144 e. The topological polar surface area (TPSA) is 50.5 Å². The molecular formula is C13H23N3O. The molecule has 17 heavy (non-hydrogen) atoms. The van der Waals surface area contributed by atoms with Gasteiger partial charge in [0.15, 0.2) is 0 Å². The summed E-state index contributed by atoms with van der Waals surface area (Å²) in [5.41, 5.74) is 7.54. The molecule has 1 atom stereocenters. The largest absolute Gasteiger partial charge is 0.492 e. The highest BCUT2D eigenvalue weighted by atomic mass is 16.5. The van der Waals surface area contributed by atoms with Crippen molar-refractivity contribution in [3.8, 4) is 5.75 Å². The van der Waals surface area contributed by atoms with Crippen LogP contribution in [0.4, 0.5) is 11.4 Å². The lowest BCUT2D eigenvalue weighted by Crippen LogP contribution is -2.31. The van der Waals surface area contributed by atoms with E-state index in [1.807, 2.05) is 25.1 Å². The second-order valence-corrected chi connectivity index (χ2v) is 4.38. The van der Waals surface area contributed by atoms with E-state index < -0.39 is 0 Å². The Hall–Kier alpha value is -1.42. The second kappa shape index (κ2) is 6.35. The molecule has 0 saturated heterocycles. The molecule has 0 aliphatic heterocycles. The second-order valence-electron chi connectivity index (χ2n) is 4.38. The third-order valence-electron chi connectivity index (χ3n) is 2.80. The van der Waals surface area contributed by atoms with Crippen molar-refractivity contribution in [3.63, 3.8) is 0 Å². The average molecular weight is 237 g/mol. The van der Waals surface area contributed by atoms with E-state index >= 15 is 0 Å². The van der Waals surface area contributed by atoms with Crippen molar-refractivity contribution in [3.05, 3.63) is 18.2 Å². The zero-order valence-corrected chi connectivity index (χ0v) is 11.2. The van der Waals surface area contributed by atoms with Gasteiger partial charge in [0.1, 0.15) is 5.75 Å². The van der Waals surface area contributed by atoms with Crippen molar-refractivity contribution in [2.75, 3.05) is 38.3 Å². The lowest BCUT2D eigenvalue weighted by atomic mass is 10.2. The Morgan fingerprint density at radius 2 is 2.12 bits per heavy atom. The molecule has 0 heterocycles. The summed E-state index contributed by atoms with van der Waals surface area (Å²) in [6.07, 6.45) is 0. The van der Waals surface area contributed by atoms with Crippen LogP contribution in [-0.2, 0) is 0 Å². The summed E-state index contributed by atoms with van der Waals surface area (Å²) in [7, 11) is 4.14. The zero-order valence-electron chi connectivity index (χ0n) is 11.2. The van der Waals surface area contributed by atoms with Gasteiger partial charge in [0.05, 0.1) is 12.3 Å². The van der Waals surface area contributed by atoms with Crippen LogP contribution in [0.2, 0.25) is 0 Å². The van der Waals surface area contributed by atoms with Gasteiger partial charge in [-0.05, 0) is 40.1 Å². The van der Waals surface area contributed by atoms with E-state index in [4.69, 9.17) is 10.5 Å². The number of anilines is 2. The minimum atomic E-state index is 0.475. The van der Waals surface area contributed by atoms with Gasteiger partial charge in [0, 0.05) is 24.3 Å². The highest BCUT2D eigenvalue weighted by molar-refractivity contribution is 5.61. The van der Waals surface area contributed by atoms with E-state index in [1.54, 1.807) is 0 Å². The molecule has 3 N–H and O–H groups in total. The third-order valence-corrected chi connectivity index (χ3v) is 2.80. The van der Waals surface area contributed by atoms with Gasteiger partial charge in [-0.2, -0.15) is 0 Å². The highest BCUT2D eigenvalue weighted by Crippen LogP contribution is 2.25. The average Bonchev–Trinajstić information content (AvgIpc) is 2.29. The summed E-state index contributed by atoms with van der Waals surface area (Å²) in [6.45, 7) is 5.64. The van der Waals surface area contributed by atoms with Gasteiger partial charge in [-0.3, -0.25) is 0 Å². The van der Waals surface area contributed by atoms with E-state index in [2.05, 4.69) is 31.2 Å². The van der Waals surface area contributed by atoms with Gasteiger partial charge in [0.25, 0.3) is 0 Å². The Morgan fingerprint density at radius 1 is 1.41 bits per heavy atom. The van der Waals surface area contributed by atoms with Crippen LogP contribution in [0, 0.1) is 0 Å². The maximum Gasteiger partial charge on any atom is 0.144 e. The predicted molar refractivity (Wildman–Crippen MR) is 73.7 cm³/mol. The summed E-state index contributed by atoms with van der Waals surface area (Å²) in [5, 5.41) is 3.37. The van der Waals surface area contributed by atoms with Gasteiger partial charge >= 0.3 is 0 Å². The number of nitrogen functional groups attached to an aromatic ring is 1. The Morgan fingerprint density at radius 3 is 2.71 bits per heavy atom. The molecule has 0 aromatic heterocycles. The maximum absolute atomic E-state index is 5.82. The number of likely N-dealkylation sites (N-methyl/N-ethyl adjacent to an activating group) is 1. The van der Waals surface area contributed by atoms with Crippen LogP contribution in [0.1, 0.15) is 13.8 Å². The fourth-order valence-electron chi connectivity index (χ4n) is 1.37. The third kappa shape index (κ3) is 4.15. The number of benzene rings is 1. The molecule has 1 rings (SSSR count). The Labute approximate surface area is 104 Å². The number of nitrogens with one attached hydrogen (secondary N) is 1. The summed E-state index contributed by atoms with van der Waals surface area (Å²) >= 11 is 0. The van der Waals surface area contributed by atoms with Crippen molar-refractivity contribution in [1.29, 1.82) is 0 Å². The van der Waals surface area contributed by atoms with Crippen LogP contribution >= 0.6 is 0 Å². The van der Waals surface area contributed by atoms with E-state index in [1.165, 1.54) is 0 Å². The molecule has 1 unspecified atom stereocenters. The molecule has 4 nitrogen and oxygen atoms in total. The summed E-state index contributed by atoms with van der Waals surface area (Å²) in [5.74, 6) is 0.745. The number of rotatable bonds is 6. The van der Waals surface area contributed by atoms with E-state index in [0.29, 0.717) is 18.3 Å². The zero-order chi connectivity index (χ0) is 12.8. The van der Waals surface area contributed by atoms with E-state index in [-0.39, 0.29) is 0 Å². The molecule has 1 aromatic carbocycles. The van der Waals surface area contributed by atoms with Gasteiger partial charge in [-0.15, -0.1) is 0 Å². The number of nitrogens with zero attached hydrogens (tertiary/aromatic N) is 1. The quantitative estimate of drug-likeness (QED) is 0.743. The van der Waals surface area contributed by atoms with Crippen molar-refractivity contribution >= 4 is 11.4 Å². The van der Waals surface area contributed by atoms with Crippen LogP contribution in [0.25, 0.3) is 0 Å². The molecule has 0 radical (unpaired) electrons. The first-order valence-corrected chi connectivity index (χ1v) is 5.97. The van der Waals surface area contributed by atoms with Crippen LogP contribution < -0.4 is 15.8 Å². The van der Waals surface area contributed by atoms with Crippen molar-refractivity contribution < 1.29 is 4.74 Å². The fourth-order valence-corrected chi connectivity index (χ4v) is 1.37. The van der Waals surface area contributed by atoms with E-state index in [0.717, 1.165) is 18.0 Å². The fraction of sp³-hybridized carbons (Fsp3) is 0.538. The number of nitrogens with two attached hydrogens (primary N) is 1. The molecule has 0 aliphatic rings. The van der Waals surface area contributed by atoms with Crippen LogP contribution in [-0.4, -0.2) is 38.2 Å². The first-order valence-electron chi connectivity index (χ1n) is 5.97. The van der Waals surface area contributed by atoms with Crippen molar-refractivity contribution in [1.82, 2.24) is 4.90 Å². The van der Waals surface area contributed by atoms with Gasteiger partial charge in [-0.25, -0.2) is 0 Å². The predicted octanol–water partition coefficient (Wildman–Crippen LogP) is 2.03. The summed E-state index contributed by atoms with van der Waals surface area (Å²) < 4.78 is 5.46. The molecule has 0 spiro atoms. The SMILES string of the molecule is CCOc1cc(NCC(C)N(C)C)ccc1N. The lowest BCUT2D eigenvalue weighted by Gasteiger charge is -2.21. The first-order chi connectivity index (χ1) is 8.04. The number of ether oxygens (including phenoxy) is 1. The first kappa shape index (κ1) is 13.6. The molecule has 0 bridgehead atoms. The Kier molecular flexibility index (Phi) is 5.10. The highest BCUT2D eigenvalue weighted by Gasteiger charge is 2.05. The molecule has 96 valence electrons. The monoisotopic (exact) mass is 237 g/mol. The molecule has 4 heteroatoms. The minimum absolute atomic E-state index is 0.475. The molecule has 0 fully saturated rings. The van der Waals surface area contributed by atoms with Crippen LogP contribution in [0.5, 0.6) is 5.75 Å². The van der Waals surface area contributed by atoms with Crippen molar-refractivity contribution in [2.24, 2.45) is 0 Å². The summed E-state index contributed by atoms with van der Waals surface area (Å²) in [4.78, 5) is 2.17. The van der Waals surface area contributed by atoms with Gasteiger partial charge in [0.2, 0.25) is 0 Å². The standard InChI is InChI=1S/C13H23N3O/c1-5-17-13-8-11(6-7-12(13)14)15-9-10(2)16(3)4/h6-8,10,15H,5,9,14H2,1-4H3. The Bertz CT molecular complexity index is 353. The van der Waals surface area contributed by atoms with Crippen molar-refractivity contribution in [2.45, 2.75) is 19.9 Å². The van der Waals surface area contributed by atoms with E-state index in [9.17, 15) is 0 Å². The normalized spacial score (nSPS) is 12.5. The lowest BCUT2D eigenvalue weighted by molar-refractivity contribution is 0.326. The van der Waals surface area contributed by atoms with Crippen LogP contribution in [0.3, 0.4) is 0 Å². The molecule has 0 amide bonds. The Balaban J connectivity index is 2.62. The van der Waals surface area contributed by atoms with Gasteiger partial charge < -0.3 is 20.7 Å². The molecule has 0 saturated carbocycles. The molecule has 1 aromatic rings. The minimum Gasteiger partial charge on any atom is -0.492 e. The number of hydrogen-bond acceptors (Lipinski definition) is 4. The number of hydrogen-bond donors (Lipinski definition) is 2. The molecule has 0 aliphatic carbocycles. The van der Waals surface area contributed by atoms with Crippen LogP contribution in [0.15, 0.2) is 18.2 Å². The molecular weight excluding hydrogens is 214 g/mol. The summed E-state index contributed by atoms with van der Waals surface area (Å²) in [6, 6.07) is 6.26. The van der Waals surface area contributed by atoms with Gasteiger partial charge in [-0.1, -0.05) is 0 Å². The maximum atomic E-state index is 5.82.